The molecule has 3 atom stereocenters. The summed E-state index contributed by atoms with van der Waals surface area (Å²) in [6, 6.07) is 0. The smallest absolute Gasteiger partial charge is 0.251 e. The van der Waals surface area contributed by atoms with E-state index in [1.807, 2.05) is 6.92 Å². The number of amides is 1. The molecule has 1 amide bonds. The molecule has 0 spiro atoms. The lowest BCUT2D eigenvalue weighted by atomic mass is 9.92. The Hall–Kier alpha value is -1.21. The molecule has 1 aromatic heterocycles. The maximum Gasteiger partial charge on any atom is 0.251 e. The van der Waals surface area contributed by atoms with Crippen LogP contribution in [0.2, 0.25) is 0 Å². The molecule has 0 N–H and O–H groups in total. The van der Waals surface area contributed by atoms with Crippen LogP contribution in [-0.4, -0.2) is 60.4 Å². The number of piperidine rings is 1. The highest BCUT2D eigenvalue weighted by Gasteiger charge is 2.42. The summed E-state index contributed by atoms with van der Waals surface area (Å²) in [6.07, 6.45) is 1.78. The molecule has 2 fully saturated rings. The molecule has 6 nitrogen and oxygen atoms in total. The number of anilines is 1. The van der Waals surface area contributed by atoms with Crippen LogP contribution in [0.5, 0.6) is 0 Å². The molecule has 7 heteroatoms. The summed E-state index contributed by atoms with van der Waals surface area (Å²) in [5, 5.41) is 10.2. The van der Waals surface area contributed by atoms with Gasteiger partial charge < -0.3 is 14.5 Å². The summed E-state index contributed by atoms with van der Waals surface area (Å²) in [5.74, 6) is 0.576. The highest BCUT2D eigenvalue weighted by atomic mass is 32.1. The number of aromatic nitrogens is 2. The molecule has 0 bridgehead atoms. The van der Waals surface area contributed by atoms with E-state index in [4.69, 9.17) is 4.74 Å². The molecule has 0 saturated carbocycles. The van der Waals surface area contributed by atoms with Gasteiger partial charge in [0.25, 0.3) is 5.91 Å². The molecule has 3 rings (SSSR count). The number of hydrogen-bond acceptors (Lipinski definition) is 6. The number of fused-ring (bicyclic) bond motifs is 1. The maximum atomic E-state index is 12.0. The first-order valence-electron chi connectivity index (χ1n) is 6.96. The van der Waals surface area contributed by atoms with Crippen molar-refractivity contribution in [2.45, 2.75) is 32.0 Å². The molecule has 110 valence electrons. The van der Waals surface area contributed by atoms with Gasteiger partial charge in [-0.05, 0) is 25.7 Å². The zero-order chi connectivity index (χ0) is 14.3. The van der Waals surface area contributed by atoms with Gasteiger partial charge in [-0.1, -0.05) is 11.3 Å². The van der Waals surface area contributed by atoms with Gasteiger partial charge in [0, 0.05) is 27.2 Å². The largest absolute Gasteiger partial charge is 0.363 e. The first kappa shape index (κ1) is 13.8. The molecular weight excluding hydrogens is 276 g/mol. The van der Waals surface area contributed by atoms with Crippen molar-refractivity contribution in [3.05, 3.63) is 5.01 Å². The Labute approximate surface area is 122 Å². The quantitative estimate of drug-likeness (QED) is 0.812. The van der Waals surface area contributed by atoms with E-state index in [0.29, 0.717) is 5.92 Å². The van der Waals surface area contributed by atoms with Crippen molar-refractivity contribution < 1.29 is 9.53 Å². The molecule has 20 heavy (non-hydrogen) atoms. The third kappa shape index (κ3) is 2.52. The molecular formula is C13H20N4O2S. The van der Waals surface area contributed by atoms with E-state index in [0.717, 1.165) is 36.1 Å². The lowest BCUT2D eigenvalue weighted by Crippen LogP contribution is -2.42. The normalized spacial score (nSPS) is 29.4. The third-order valence-electron chi connectivity index (χ3n) is 4.05. The standard InChI is InChI=1S/C13H20N4O2S/c1-8-14-15-13(20-8)17-5-4-9-6-10(12(18)16(2)3)19-11(9)7-17/h9-11H,4-7H2,1-3H3/t9-,10+,11-/m1/s1. The zero-order valence-corrected chi connectivity index (χ0v) is 12.9. The van der Waals surface area contributed by atoms with Crippen LogP contribution in [0.4, 0.5) is 5.13 Å². The van der Waals surface area contributed by atoms with Crippen LogP contribution in [-0.2, 0) is 9.53 Å². The maximum absolute atomic E-state index is 12.0. The van der Waals surface area contributed by atoms with Crippen LogP contribution < -0.4 is 4.90 Å². The van der Waals surface area contributed by atoms with Gasteiger partial charge in [0.1, 0.15) is 11.1 Å². The minimum atomic E-state index is -0.267. The molecule has 0 unspecified atom stereocenters. The van der Waals surface area contributed by atoms with E-state index < -0.39 is 0 Å². The SMILES string of the molecule is Cc1nnc(N2CC[C@@H]3C[C@@H](C(=O)N(C)C)O[C@@H]3C2)s1. The molecule has 2 saturated heterocycles. The second kappa shape index (κ2) is 5.29. The number of likely N-dealkylation sites (N-methyl/N-ethyl adjacent to an activating group) is 1. The second-order valence-electron chi connectivity index (χ2n) is 5.73. The van der Waals surface area contributed by atoms with Crippen molar-refractivity contribution in [2.24, 2.45) is 5.92 Å². The van der Waals surface area contributed by atoms with E-state index in [1.165, 1.54) is 0 Å². The fourth-order valence-corrected chi connectivity index (χ4v) is 3.69. The van der Waals surface area contributed by atoms with E-state index in [9.17, 15) is 4.79 Å². The predicted molar refractivity (Wildman–Crippen MR) is 76.9 cm³/mol. The topological polar surface area (TPSA) is 58.6 Å². The van der Waals surface area contributed by atoms with Crippen molar-refractivity contribution in [3.63, 3.8) is 0 Å². The van der Waals surface area contributed by atoms with E-state index in [2.05, 4.69) is 15.1 Å². The highest BCUT2D eigenvalue weighted by molar-refractivity contribution is 7.15. The summed E-state index contributed by atoms with van der Waals surface area (Å²) < 4.78 is 5.97. The van der Waals surface area contributed by atoms with Crippen LogP contribution in [0.15, 0.2) is 0 Å². The Morgan fingerprint density at radius 2 is 2.25 bits per heavy atom. The second-order valence-corrected chi connectivity index (χ2v) is 6.89. The first-order chi connectivity index (χ1) is 9.54. The lowest BCUT2D eigenvalue weighted by Gasteiger charge is -2.33. The summed E-state index contributed by atoms with van der Waals surface area (Å²) in [4.78, 5) is 15.9. The average molecular weight is 296 g/mol. The number of nitrogens with zero attached hydrogens (tertiary/aromatic N) is 4. The van der Waals surface area contributed by atoms with Crippen molar-refractivity contribution in [1.82, 2.24) is 15.1 Å². The molecule has 0 radical (unpaired) electrons. The Morgan fingerprint density at radius 3 is 2.90 bits per heavy atom. The average Bonchev–Trinajstić information content (AvgIpc) is 3.02. The minimum absolute atomic E-state index is 0.0812. The molecule has 0 aliphatic carbocycles. The Kier molecular flexibility index (Phi) is 3.64. The predicted octanol–water partition coefficient (Wildman–Crippen LogP) is 0.919. The third-order valence-corrected chi connectivity index (χ3v) is 4.95. The number of ether oxygens (including phenoxy) is 1. The van der Waals surface area contributed by atoms with Gasteiger partial charge in [0.2, 0.25) is 5.13 Å². The van der Waals surface area contributed by atoms with Gasteiger partial charge in [-0.25, -0.2) is 0 Å². The van der Waals surface area contributed by atoms with Gasteiger partial charge in [-0.2, -0.15) is 0 Å². The fraction of sp³-hybridized carbons (Fsp3) is 0.769. The van der Waals surface area contributed by atoms with Gasteiger partial charge in [-0.3, -0.25) is 4.79 Å². The van der Waals surface area contributed by atoms with Gasteiger partial charge >= 0.3 is 0 Å². The monoisotopic (exact) mass is 296 g/mol. The molecule has 0 aromatic carbocycles. The van der Waals surface area contributed by atoms with Gasteiger partial charge in [-0.15, -0.1) is 10.2 Å². The van der Waals surface area contributed by atoms with E-state index in [1.54, 1.807) is 30.3 Å². The summed E-state index contributed by atoms with van der Waals surface area (Å²) in [6.45, 7) is 3.75. The number of carbonyl (C=O) groups excluding carboxylic acids is 1. The van der Waals surface area contributed by atoms with E-state index >= 15 is 0 Å². The van der Waals surface area contributed by atoms with Crippen LogP contribution in [0.3, 0.4) is 0 Å². The van der Waals surface area contributed by atoms with Crippen molar-refractivity contribution >= 4 is 22.4 Å². The van der Waals surface area contributed by atoms with Crippen LogP contribution in [0.1, 0.15) is 17.8 Å². The van der Waals surface area contributed by atoms with Crippen molar-refractivity contribution in [2.75, 3.05) is 32.1 Å². The van der Waals surface area contributed by atoms with Crippen LogP contribution in [0, 0.1) is 12.8 Å². The van der Waals surface area contributed by atoms with Gasteiger partial charge in [0.15, 0.2) is 0 Å². The van der Waals surface area contributed by atoms with Gasteiger partial charge in [0.05, 0.1) is 6.10 Å². The van der Waals surface area contributed by atoms with E-state index in [-0.39, 0.29) is 18.1 Å². The number of carbonyl (C=O) groups is 1. The minimum Gasteiger partial charge on any atom is -0.363 e. The van der Waals surface area contributed by atoms with Crippen molar-refractivity contribution in [3.8, 4) is 0 Å². The molecule has 2 aliphatic rings. The molecule has 3 heterocycles. The highest BCUT2D eigenvalue weighted by Crippen LogP contribution is 2.35. The fourth-order valence-electron chi connectivity index (χ4n) is 2.97. The Bertz CT molecular complexity index is 504. The summed E-state index contributed by atoms with van der Waals surface area (Å²) >= 11 is 1.61. The molecule has 1 aromatic rings. The number of aryl methyl sites for hydroxylation is 1. The number of hydrogen-bond donors (Lipinski definition) is 0. The first-order valence-corrected chi connectivity index (χ1v) is 7.78. The Morgan fingerprint density at radius 1 is 1.45 bits per heavy atom. The van der Waals surface area contributed by atoms with Crippen LogP contribution >= 0.6 is 11.3 Å². The summed E-state index contributed by atoms with van der Waals surface area (Å²) in [5.41, 5.74) is 0. The van der Waals surface area contributed by atoms with Crippen molar-refractivity contribution in [1.29, 1.82) is 0 Å². The summed E-state index contributed by atoms with van der Waals surface area (Å²) in [7, 11) is 3.56. The zero-order valence-electron chi connectivity index (χ0n) is 12.1. The molecule has 2 aliphatic heterocycles. The lowest BCUT2D eigenvalue weighted by molar-refractivity contribution is -0.140. The Balaban J connectivity index is 1.65. The number of rotatable bonds is 2. The van der Waals surface area contributed by atoms with Crippen LogP contribution in [0.25, 0.3) is 0 Å².